The summed E-state index contributed by atoms with van der Waals surface area (Å²) >= 11 is 1.42. The van der Waals surface area contributed by atoms with Crippen LogP contribution in [-0.2, 0) is 21.2 Å². The van der Waals surface area contributed by atoms with Crippen molar-refractivity contribution in [2.75, 3.05) is 18.5 Å². The van der Waals surface area contributed by atoms with Gasteiger partial charge >= 0.3 is 0 Å². The van der Waals surface area contributed by atoms with Crippen LogP contribution in [0.1, 0.15) is 33.6 Å². The van der Waals surface area contributed by atoms with Crippen LogP contribution < -0.4 is 10.0 Å². The number of anilines is 1. The molecule has 0 unspecified atom stereocenters. The second kappa shape index (κ2) is 9.69. The van der Waals surface area contributed by atoms with E-state index in [0.717, 1.165) is 24.1 Å². The number of carbonyl (C=O) groups is 1. The standard InChI is InChI=1S/C22H23N3O4S2/c26-21(25-22-23-15-19(30-22)13-16-5-2-1-3-6-16)17-8-10-20(11-9-17)31(27,28)24-14-18-7-4-12-29-18/h1-3,5-6,8-11,15,18,24H,4,7,12-14H2,(H,23,25,26)/t18-/m0/s1. The predicted molar refractivity (Wildman–Crippen MR) is 120 cm³/mol. The van der Waals surface area contributed by atoms with Gasteiger partial charge in [0.1, 0.15) is 0 Å². The van der Waals surface area contributed by atoms with Crippen molar-refractivity contribution < 1.29 is 17.9 Å². The fraction of sp³-hybridized carbons (Fsp3) is 0.273. The molecule has 1 aromatic heterocycles. The average molecular weight is 458 g/mol. The van der Waals surface area contributed by atoms with E-state index >= 15 is 0 Å². The lowest BCUT2D eigenvalue weighted by Gasteiger charge is -2.11. The summed E-state index contributed by atoms with van der Waals surface area (Å²) in [6.07, 6.45) is 4.22. The van der Waals surface area contributed by atoms with Crippen molar-refractivity contribution in [3.8, 4) is 0 Å². The van der Waals surface area contributed by atoms with E-state index in [4.69, 9.17) is 4.74 Å². The molecule has 1 aliphatic rings. The second-order valence-corrected chi connectivity index (χ2v) is 10.1. The molecule has 31 heavy (non-hydrogen) atoms. The summed E-state index contributed by atoms with van der Waals surface area (Å²) in [5.41, 5.74) is 1.53. The van der Waals surface area contributed by atoms with Crippen molar-refractivity contribution in [3.63, 3.8) is 0 Å². The predicted octanol–water partition coefficient (Wildman–Crippen LogP) is 3.44. The first-order chi connectivity index (χ1) is 15.0. The number of nitrogens with zero attached hydrogens (tertiary/aromatic N) is 1. The quantitative estimate of drug-likeness (QED) is 0.540. The minimum absolute atomic E-state index is 0.0788. The number of sulfonamides is 1. The minimum atomic E-state index is -3.65. The van der Waals surface area contributed by atoms with Gasteiger partial charge in [-0.25, -0.2) is 18.1 Å². The Bertz CT molecular complexity index is 1120. The maximum absolute atomic E-state index is 12.5. The maximum Gasteiger partial charge on any atom is 0.257 e. The van der Waals surface area contributed by atoms with E-state index in [1.807, 2.05) is 30.3 Å². The number of amides is 1. The van der Waals surface area contributed by atoms with Gasteiger partial charge in [-0.1, -0.05) is 30.3 Å². The Balaban J connectivity index is 1.35. The lowest BCUT2D eigenvalue weighted by molar-refractivity contribution is 0.102. The molecule has 9 heteroatoms. The topological polar surface area (TPSA) is 97.4 Å². The van der Waals surface area contributed by atoms with E-state index in [9.17, 15) is 13.2 Å². The zero-order valence-corrected chi connectivity index (χ0v) is 18.4. The maximum atomic E-state index is 12.5. The summed E-state index contributed by atoms with van der Waals surface area (Å²) in [7, 11) is -3.65. The third kappa shape index (κ3) is 5.76. The molecule has 4 rings (SSSR count). The number of ether oxygens (including phenoxy) is 1. The van der Waals surface area contributed by atoms with E-state index < -0.39 is 10.0 Å². The molecule has 0 spiro atoms. The van der Waals surface area contributed by atoms with Gasteiger partial charge < -0.3 is 4.74 Å². The monoisotopic (exact) mass is 457 g/mol. The fourth-order valence-corrected chi connectivity index (χ4v) is 5.20. The summed E-state index contributed by atoms with van der Waals surface area (Å²) in [6.45, 7) is 0.920. The molecule has 2 N–H and O–H groups in total. The first-order valence-electron chi connectivity index (χ1n) is 10.0. The van der Waals surface area contributed by atoms with Gasteiger partial charge in [0.05, 0.1) is 11.0 Å². The van der Waals surface area contributed by atoms with Crippen molar-refractivity contribution in [2.45, 2.75) is 30.3 Å². The summed E-state index contributed by atoms with van der Waals surface area (Å²) < 4.78 is 32.9. The van der Waals surface area contributed by atoms with Crippen LogP contribution in [0.3, 0.4) is 0 Å². The third-order valence-electron chi connectivity index (χ3n) is 4.95. The molecular formula is C22H23N3O4S2. The van der Waals surface area contributed by atoms with Crippen LogP contribution in [0.4, 0.5) is 5.13 Å². The fourth-order valence-electron chi connectivity index (χ4n) is 3.29. The highest BCUT2D eigenvalue weighted by atomic mass is 32.2. The van der Waals surface area contributed by atoms with E-state index in [2.05, 4.69) is 15.0 Å². The van der Waals surface area contributed by atoms with Gasteiger partial charge in [-0.15, -0.1) is 11.3 Å². The highest BCUT2D eigenvalue weighted by Crippen LogP contribution is 2.22. The molecule has 2 aromatic carbocycles. The average Bonchev–Trinajstić information content (AvgIpc) is 3.45. The van der Waals surface area contributed by atoms with Gasteiger partial charge in [0, 0.05) is 36.2 Å². The number of carbonyl (C=O) groups excluding carboxylic acids is 1. The molecule has 0 saturated carbocycles. The summed E-state index contributed by atoms with van der Waals surface area (Å²) in [5.74, 6) is -0.336. The molecule has 1 atom stereocenters. The van der Waals surface area contributed by atoms with E-state index in [0.29, 0.717) is 17.3 Å². The van der Waals surface area contributed by atoms with Crippen LogP contribution in [0.2, 0.25) is 0 Å². The van der Waals surface area contributed by atoms with E-state index in [-0.39, 0.29) is 23.5 Å². The van der Waals surface area contributed by atoms with Crippen LogP contribution in [-0.4, -0.2) is 38.6 Å². The molecule has 2 heterocycles. The lowest BCUT2D eigenvalue weighted by Crippen LogP contribution is -2.31. The third-order valence-corrected chi connectivity index (χ3v) is 7.30. The highest BCUT2D eigenvalue weighted by molar-refractivity contribution is 7.89. The van der Waals surface area contributed by atoms with Gasteiger partial charge in [-0.2, -0.15) is 0 Å². The Morgan fingerprint density at radius 2 is 1.90 bits per heavy atom. The Labute approximate surface area is 185 Å². The highest BCUT2D eigenvalue weighted by Gasteiger charge is 2.20. The van der Waals surface area contributed by atoms with Gasteiger partial charge in [-0.3, -0.25) is 10.1 Å². The van der Waals surface area contributed by atoms with Crippen molar-refractivity contribution in [3.05, 3.63) is 76.8 Å². The van der Waals surface area contributed by atoms with Gasteiger partial charge in [0.25, 0.3) is 5.91 Å². The summed E-state index contributed by atoms with van der Waals surface area (Å²) in [6, 6.07) is 15.9. The first-order valence-corrected chi connectivity index (χ1v) is 12.3. The summed E-state index contributed by atoms with van der Waals surface area (Å²) in [4.78, 5) is 17.9. The molecule has 0 bridgehead atoms. The van der Waals surface area contributed by atoms with Crippen LogP contribution in [0.5, 0.6) is 0 Å². The van der Waals surface area contributed by atoms with Crippen molar-refractivity contribution >= 4 is 32.4 Å². The van der Waals surface area contributed by atoms with Crippen LogP contribution >= 0.6 is 11.3 Å². The molecule has 0 radical (unpaired) electrons. The lowest BCUT2D eigenvalue weighted by atomic mass is 10.1. The second-order valence-electron chi connectivity index (χ2n) is 7.26. The molecule has 3 aromatic rings. The van der Waals surface area contributed by atoms with Crippen LogP contribution in [0, 0.1) is 0 Å². The Hall–Kier alpha value is -2.59. The number of hydrogen-bond acceptors (Lipinski definition) is 6. The van der Waals surface area contributed by atoms with E-state index in [1.54, 1.807) is 6.20 Å². The van der Waals surface area contributed by atoms with Crippen molar-refractivity contribution in [1.82, 2.24) is 9.71 Å². The molecule has 0 aliphatic carbocycles. The normalized spacial score (nSPS) is 16.3. The Morgan fingerprint density at radius 1 is 1.13 bits per heavy atom. The zero-order chi connectivity index (χ0) is 21.7. The van der Waals surface area contributed by atoms with Gasteiger partial charge in [0.2, 0.25) is 10.0 Å². The smallest absolute Gasteiger partial charge is 0.257 e. The number of aromatic nitrogens is 1. The minimum Gasteiger partial charge on any atom is -0.377 e. The molecule has 1 amide bonds. The van der Waals surface area contributed by atoms with Crippen molar-refractivity contribution in [2.24, 2.45) is 0 Å². The van der Waals surface area contributed by atoms with Crippen molar-refractivity contribution in [1.29, 1.82) is 0 Å². The van der Waals surface area contributed by atoms with E-state index in [1.165, 1.54) is 41.2 Å². The Morgan fingerprint density at radius 3 is 2.61 bits per heavy atom. The molecule has 1 saturated heterocycles. The number of thiazole rings is 1. The van der Waals surface area contributed by atoms with Crippen LogP contribution in [0.15, 0.2) is 65.7 Å². The number of rotatable bonds is 8. The zero-order valence-electron chi connectivity index (χ0n) is 16.8. The first kappa shape index (κ1) is 21.6. The van der Waals surface area contributed by atoms with Gasteiger partial charge in [-0.05, 0) is 42.7 Å². The van der Waals surface area contributed by atoms with Crippen LogP contribution in [0.25, 0.3) is 0 Å². The number of hydrogen-bond donors (Lipinski definition) is 2. The Kier molecular flexibility index (Phi) is 6.77. The molecule has 162 valence electrons. The number of nitrogens with one attached hydrogen (secondary N) is 2. The molecular weight excluding hydrogens is 434 g/mol. The molecule has 1 aliphatic heterocycles. The summed E-state index contributed by atoms with van der Waals surface area (Å²) in [5, 5.41) is 3.28. The largest absolute Gasteiger partial charge is 0.377 e. The SMILES string of the molecule is O=C(Nc1ncc(Cc2ccccc2)s1)c1ccc(S(=O)(=O)NC[C@@H]2CCCO2)cc1. The van der Waals surface area contributed by atoms with Gasteiger partial charge in [0.15, 0.2) is 5.13 Å². The molecule has 7 nitrogen and oxygen atoms in total. The number of benzene rings is 2. The molecule has 1 fully saturated rings.